The second kappa shape index (κ2) is 3.56. The van der Waals surface area contributed by atoms with Crippen LogP contribution in [0.3, 0.4) is 0 Å². The maximum atomic E-state index is 10.2. The number of carbonyl (C=O) groups is 1. The van der Waals surface area contributed by atoms with Crippen LogP contribution < -0.4 is 11.1 Å². The minimum absolute atomic E-state index is 0.218. The second-order valence-electron chi connectivity index (χ2n) is 3.63. The Morgan fingerprint density at radius 2 is 2.00 bits per heavy atom. The molecule has 0 atom stereocenters. The molecule has 0 heterocycles. The molecule has 0 bridgehead atoms. The number of hydrogen-bond acceptors (Lipinski definition) is 2. The highest BCUT2D eigenvalue weighted by atomic mass is 16.1. The zero-order valence-electron chi connectivity index (χ0n) is 6.90. The Morgan fingerprint density at radius 1 is 1.50 bits per heavy atom. The molecule has 0 aliphatic carbocycles. The van der Waals surface area contributed by atoms with Gasteiger partial charge in [-0.25, -0.2) is 0 Å². The first kappa shape index (κ1) is 9.43. The third-order valence-electron chi connectivity index (χ3n) is 0.955. The molecule has 0 fully saturated rings. The summed E-state index contributed by atoms with van der Waals surface area (Å²) in [7, 11) is 0. The Morgan fingerprint density at radius 3 is 2.30 bits per heavy atom. The van der Waals surface area contributed by atoms with E-state index in [2.05, 4.69) is 26.1 Å². The van der Waals surface area contributed by atoms with Crippen LogP contribution in [0.15, 0.2) is 0 Å². The summed E-state index contributed by atoms with van der Waals surface area (Å²) in [6.07, 6.45) is 0. The lowest BCUT2D eigenvalue weighted by Gasteiger charge is -2.17. The minimum Gasteiger partial charge on any atom is -0.369 e. The van der Waals surface area contributed by atoms with Gasteiger partial charge in [0.1, 0.15) is 0 Å². The Kier molecular flexibility index (Phi) is 3.36. The van der Waals surface area contributed by atoms with Crippen LogP contribution in [0.5, 0.6) is 0 Å². The van der Waals surface area contributed by atoms with Gasteiger partial charge < -0.3 is 11.1 Å². The van der Waals surface area contributed by atoms with Crippen LogP contribution in [0.2, 0.25) is 0 Å². The molecule has 0 rings (SSSR count). The number of amides is 1. The van der Waals surface area contributed by atoms with Crippen LogP contribution in [0.1, 0.15) is 20.8 Å². The van der Waals surface area contributed by atoms with E-state index in [1.54, 1.807) is 0 Å². The fourth-order valence-electron chi connectivity index (χ4n) is 0.561. The van der Waals surface area contributed by atoms with E-state index in [0.29, 0.717) is 0 Å². The maximum absolute atomic E-state index is 10.2. The molecule has 0 aliphatic heterocycles. The van der Waals surface area contributed by atoms with Gasteiger partial charge >= 0.3 is 0 Å². The average Bonchev–Trinajstić information content (AvgIpc) is 1.59. The second-order valence-corrected chi connectivity index (χ2v) is 3.63. The van der Waals surface area contributed by atoms with Crippen LogP contribution in [0.25, 0.3) is 0 Å². The van der Waals surface area contributed by atoms with Crippen LogP contribution in [-0.2, 0) is 4.79 Å². The summed E-state index contributed by atoms with van der Waals surface area (Å²) in [6, 6.07) is 0. The summed E-state index contributed by atoms with van der Waals surface area (Å²) in [5.74, 6) is -0.302. The van der Waals surface area contributed by atoms with Gasteiger partial charge in [-0.2, -0.15) is 0 Å². The lowest BCUT2D eigenvalue weighted by molar-refractivity contribution is -0.117. The number of hydrogen-bond donors (Lipinski definition) is 2. The highest BCUT2D eigenvalue weighted by Gasteiger charge is 2.08. The molecule has 0 saturated heterocycles. The highest BCUT2D eigenvalue weighted by Crippen LogP contribution is 2.09. The van der Waals surface area contributed by atoms with Crippen molar-refractivity contribution in [1.29, 1.82) is 0 Å². The maximum Gasteiger partial charge on any atom is 0.231 e. The van der Waals surface area contributed by atoms with Crippen molar-refractivity contribution in [2.24, 2.45) is 11.1 Å². The summed E-state index contributed by atoms with van der Waals surface area (Å²) < 4.78 is 0. The molecule has 10 heavy (non-hydrogen) atoms. The van der Waals surface area contributed by atoms with Crippen molar-refractivity contribution in [3.8, 4) is 0 Å². The summed E-state index contributed by atoms with van der Waals surface area (Å²) in [5.41, 5.74) is 5.14. The first-order valence-corrected chi connectivity index (χ1v) is 3.41. The van der Waals surface area contributed by atoms with E-state index in [-0.39, 0.29) is 17.9 Å². The third kappa shape index (κ3) is 7.43. The summed E-state index contributed by atoms with van der Waals surface area (Å²) in [4.78, 5) is 10.2. The molecule has 3 nitrogen and oxygen atoms in total. The molecule has 0 radical (unpaired) electrons. The first-order valence-electron chi connectivity index (χ1n) is 3.41. The van der Waals surface area contributed by atoms with Crippen molar-refractivity contribution in [3.63, 3.8) is 0 Å². The molecule has 0 aromatic carbocycles. The van der Waals surface area contributed by atoms with E-state index in [1.165, 1.54) is 0 Å². The molecule has 1 amide bonds. The Balaban J connectivity index is 3.29. The highest BCUT2D eigenvalue weighted by molar-refractivity contribution is 5.75. The molecule has 3 N–H and O–H groups in total. The molecule has 3 heteroatoms. The standard InChI is InChI=1S/C7H16N2O/c1-7(2,3)5-9-4-6(8)10/h9H,4-5H2,1-3H3,(H2,8,10). The normalized spacial score (nSPS) is 11.5. The van der Waals surface area contributed by atoms with Gasteiger partial charge in [0.15, 0.2) is 0 Å². The van der Waals surface area contributed by atoms with E-state index in [9.17, 15) is 4.79 Å². The monoisotopic (exact) mass is 144 g/mol. The molecule has 0 aromatic rings. The first-order chi connectivity index (χ1) is 4.42. The third-order valence-corrected chi connectivity index (χ3v) is 0.955. The summed E-state index contributed by atoms with van der Waals surface area (Å²) in [5, 5.41) is 2.95. The van der Waals surface area contributed by atoms with E-state index in [0.717, 1.165) is 6.54 Å². The fraction of sp³-hybridized carbons (Fsp3) is 0.857. The van der Waals surface area contributed by atoms with Gasteiger partial charge in [0.05, 0.1) is 6.54 Å². The number of rotatable bonds is 3. The van der Waals surface area contributed by atoms with Crippen LogP contribution in [0.4, 0.5) is 0 Å². The predicted molar refractivity (Wildman–Crippen MR) is 41.5 cm³/mol. The minimum atomic E-state index is -0.302. The largest absolute Gasteiger partial charge is 0.369 e. The van der Waals surface area contributed by atoms with E-state index in [4.69, 9.17) is 5.73 Å². The van der Waals surface area contributed by atoms with Crippen molar-refractivity contribution >= 4 is 5.91 Å². The summed E-state index contributed by atoms with van der Waals surface area (Å²) >= 11 is 0. The molecule has 0 unspecified atom stereocenters. The Hall–Kier alpha value is -0.570. The smallest absolute Gasteiger partial charge is 0.231 e. The topological polar surface area (TPSA) is 55.1 Å². The quantitative estimate of drug-likeness (QED) is 0.590. The molecular weight excluding hydrogens is 128 g/mol. The molecular formula is C7H16N2O. The predicted octanol–water partition coefficient (Wildman–Crippen LogP) is 0.107. The van der Waals surface area contributed by atoms with Crippen molar-refractivity contribution in [2.75, 3.05) is 13.1 Å². The molecule has 60 valence electrons. The van der Waals surface area contributed by atoms with Gasteiger partial charge in [0, 0.05) is 6.54 Å². The Bertz CT molecular complexity index is 115. The van der Waals surface area contributed by atoms with E-state index >= 15 is 0 Å². The van der Waals surface area contributed by atoms with Gasteiger partial charge in [0.2, 0.25) is 5.91 Å². The molecule has 0 aliphatic rings. The number of nitrogens with one attached hydrogen (secondary N) is 1. The van der Waals surface area contributed by atoms with Crippen molar-refractivity contribution in [2.45, 2.75) is 20.8 Å². The van der Waals surface area contributed by atoms with E-state index in [1.807, 2.05) is 0 Å². The molecule has 0 spiro atoms. The zero-order chi connectivity index (χ0) is 8.20. The van der Waals surface area contributed by atoms with Crippen molar-refractivity contribution in [1.82, 2.24) is 5.32 Å². The van der Waals surface area contributed by atoms with Gasteiger partial charge in [0.25, 0.3) is 0 Å². The van der Waals surface area contributed by atoms with Crippen LogP contribution in [-0.4, -0.2) is 19.0 Å². The van der Waals surface area contributed by atoms with Crippen LogP contribution >= 0.6 is 0 Å². The lowest BCUT2D eigenvalue weighted by Crippen LogP contribution is -2.34. The van der Waals surface area contributed by atoms with Gasteiger partial charge in [-0.3, -0.25) is 4.79 Å². The van der Waals surface area contributed by atoms with Crippen LogP contribution in [0, 0.1) is 5.41 Å². The van der Waals surface area contributed by atoms with Crippen molar-refractivity contribution in [3.05, 3.63) is 0 Å². The number of carbonyl (C=O) groups excluding carboxylic acids is 1. The Labute approximate surface area is 62.0 Å². The lowest BCUT2D eigenvalue weighted by atomic mass is 9.97. The van der Waals surface area contributed by atoms with E-state index < -0.39 is 0 Å². The van der Waals surface area contributed by atoms with Gasteiger partial charge in [-0.05, 0) is 5.41 Å². The SMILES string of the molecule is CC(C)(C)CNCC(N)=O. The zero-order valence-corrected chi connectivity index (χ0v) is 6.90. The number of nitrogens with two attached hydrogens (primary N) is 1. The molecule has 0 saturated carbocycles. The fourth-order valence-corrected chi connectivity index (χ4v) is 0.561. The average molecular weight is 144 g/mol. The summed E-state index contributed by atoms with van der Waals surface area (Å²) in [6.45, 7) is 7.39. The van der Waals surface area contributed by atoms with Gasteiger partial charge in [-0.15, -0.1) is 0 Å². The van der Waals surface area contributed by atoms with Crippen molar-refractivity contribution < 1.29 is 4.79 Å². The van der Waals surface area contributed by atoms with Gasteiger partial charge in [-0.1, -0.05) is 20.8 Å². The number of primary amides is 1. The molecule has 0 aromatic heterocycles.